The van der Waals surface area contributed by atoms with Crippen molar-refractivity contribution in [1.29, 1.82) is 0 Å². The number of nitrogens with one attached hydrogen (secondary N) is 1. The molecule has 0 atom stereocenters. The maximum Gasteiger partial charge on any atom is 0.127 e. The lowest BCUT2D eigenvalue weighted by Crippen LogP contribution is -2.14. The lowest BCUT2D eigenvalue weighted by atomic mass is 10.2. The predicted molar refractivity (Wildman–Crippen MR) is 79.4 cm³/mol. The molecular weight excluding hydrogens is 257 g/mol. The van der Waals surface area contributed by atoms with E-state index in [1.807, 2.05) is 6.07 Å². The number of halogens is 1. The minimum atomic E-state index is -0.254. The third-order valence-corrected chi connectivity index (χ3v) is 3.01. The fraction of sp³-hybridized carbons (Fsp3) is 0.625. The maximum atomic E-state index is 13.5. The molecule has 4 heteroatoms. The fourth-order valence-electron chi connectivity index (χ4n) is 1.97. The molecule has 2 N–H and O–H groups in total. The molecule has 20 heavy (non-hydrogen) atoms. The van der Waals surface area contributed by atoms with Crippen molar-refractivity contribution in [3.63, 3.8) is 0 Å². The molecule has 114 valence electrons. The van der Waals surface area contributed by atoms with Gasteiger partial charge < -0.3 is 15.2 Å². The van der Waals surface area contributed by atoms with Gasteiger partial charge >= 0.3 is 0 Å². The highest BCUT2D eigenvalue weighted by Crippen LogP contribution is 2.17. The lowest BCUT2D eigenvalue weighted by Gasteiger charge is -2.09. The third-order valence-electron chi connectivity index (χ3n) is 3.01. The second kappa shape index (κ2) is 10.6. The Morgan fingerprint density at radius 1 is 1.15 bits per heavy atom. The van der Waals surface area contributed by atoms with E-state index in [0.717, 1.165) is 44.2 Å². The first-order valence-electron chi connectivity index (χ1n) is 7.50. The molecule has 0 fully saturated rings. The number of ether oxygens (including phenoxy) is 1. The molecular formula is C16H26FNO2. The molecule has 1 rings (SSSR count). The van der Waals surface area contributed by atoms with Crippen molar-refractivity contribution >= 4 is 0 Å². The summed E-state index contributed by atoms with van der Waals surface area (Å²) in [4.78, 5) is 0. The molecule has 0 aliphatic rings. The number of aliphatic hydroxyl groups is 1. The maximum absolute atomic E-state index is 13.5. The molecule has 1 aromatic rings. The Morgan fingerprint density at radius 2 is 1.95 bits per heavy atom. The third kappa shape index (κ3) is 7.46. The van der Waals surface area contributed by atoms with Crippen molar-refractivity contribution in [3.8, 4) is 5.75 Å². The minimum absolute atomic E-state index is 0.249. The standard InChI is InChI=1S/C16H26FNO2/c1-2-7-18-13-14-10-15(17)12-16(11-14)20-9-6-4-3-5-8-19/h10-12,18-19H,2-9,13H2,1H3. The van der Waals surface area contributed by atoms with Crippen LogP contribution in [0.15, 0.2) is 18.2 Å². The van der Waals surface area contributed by atoms with Gasteiger partial charge in [0.05, 0.1) is 6.61 Å². The van der Waals surface area contributed by atoms with E-state index in [2.05, 4.69) is 12.2 Å². The summed E-state index contributed by atoms with van der Waals surface area (Å²) in [5.74, 6) is 0.344. The van der Waals surface area contributed by atoms with Crippen LogP contribution in [0.4, 0.5) is 4.39 Å². The van der Waals surface area contributed by atoms with Gasteiger partial charge in [0.15, 0.2) is 0 Å². The Labute approximate surface area is 121 Å². The smallest absolute Gasteiger partial charge is 0.127 e. The van der Waals surface area contributed by atoms with Crippen LogP contribution in [0.1, 0.15) is 44.6 Å². The molecule has 0 aliphatic heterocycles. The molecule has 0 aliphatic carbocycles. The molecule has 1 aromatic carbocycles. The van der Waals surface area contributed by atoms with Crippen molar-refractivity contribution in [1.82, 2.24) is 5.32 Å². The van der Waals surface area contributed by atoms with Gasteiger partial charge in [0.2, 0.25) is 0 Å². The monoisotopic (exact) mass is 283 g/mol. The average molecular weight is 283 g/mol. The molecule has 0 radical (unpaired) electrons. The van der Waals surface area contributed by atoms with E-state index in [-0.39, 0.29) is 12.4 Å². The van der Waals surface area contributed by atoms with Crippen LogP contribution in [0, 0.1) is 5.82 Å². The van der Waals surface area contributed by atoms with E-state index < -0.39 is 0 Å². The summed E-state index contributed by atoms with van der Waals surface area (Å²) in [5.41, 5.74) is 0.911. The minimum Gasteiger partial charge on any atom is -0.493 e. The Morgan fingerprint density at radius 3 is 2.70 bits per heavy atom. The molecule has 0 heterocycles. The van der Waals surface area contributed by atoms with Crippen molar-refractivity contribution in [2.45, 2.75) is 45.6 Å². The number of hydrogen-bond acceptors (Lipinski definition) is 3. The Kier molecular flexibility index (Phi) is 9.00. The topological polar surface area (TPSA) is 41.5 Å². The number of aliphatic hydroxyl groups excluding tert-OH is 1. The Balaban J connectivity index is 2.33. The number of rotatable bonds is 11. The summed E-state index contributed by atoms with van der Waals surface area (Å²) in [6.45, 7) is 4.54. The molecule has 0 amide bonds. The molecule has 0 saturated carbocycles. The highest BCUT2D eigenvalue weighted by molar-refractivity contribution is 5.29. The molecule has 0 saturated heterocycles. The van der Waals surface area contributed by atoms with Gasteiger partial charge in [-0.2, -0.15) is 0 Å². The van der Waals surface area contributed by atoms with Gasteiger partial charge in [-0.3, -0.25) is 0 Å². The van der Waals surface area contributed by atoms with Crippen LogP contribution in [-0.2, 0) is 6.54 Å². The summed E-state index contributed by atoms with van der Waals surface area (Å²) >= 11 is 0. The van der Waals surface area contributed by atoms with E-state index in [1.165, 1.54) is 12.1 Å². The van der Waals surface area contributed by atoms with Gasteiger partial charge in [0.25, 0.3) is 0 Å². The summed E-state index contributed by atoms with van der Waals surface area (Å²) in [7, 11) is 0. The van der Waals surface area contributed by atoms with Crippen molar-refractivity contribution in [3.05, 3.63) is 29.6 Å². The normalized spacial score (nSPS) is 10.8. The second-order valence-corrected chi connectivity index (χ2v) is 4.96. The zero-order valence-corrected chi connectivity index (χ0v) is 12.3. The number of benzene rings is 1. The zero-order valence-electron chi connectivity index (χ0n) is 12.3. The first-order valence-corrected chi connectivity index (χ1v) is 7.50. The van der Waals surface area contributed by atoms with E-state index >= 15 is 0 Å². The van der Waals surface area contributed by atoms with Crippen LogP contribution >= 0.6 is 0 Å². The Hall–Kier alpha value is -1.13. The molecule has 0 aromatic heterocycles. The first kappa shape index (κ1) is 16.9. The van der Waals surface area contributed by atoms with Crippen LogP contribution in [0.2, 0.25) is 0 Å². The van der Waals surface area contributed by atoms with E-state index in [1.54, 1.807) is 0 Å². The van der Waals surface area contributed by atoms with Crippen LogP contribution in [0.3, 0.4) is 0 Å². The summed E-state index contributed by atoms with van der Waals surface area (Å²) in [6.07, 6.45) is 4.87. The summed E-state index contributed by atoms with van der Waals surface area (Å²) in [5, 5.41) is 11.9. The van der Waals surface area contributed by atoms with Gasteiger partial charge in [-0.25, -0.2) is 4.39 Å². The summed E-state index contributed by atoms with van der Waals surface area (Å²) < 4.78 is 19.1. The van der Waals surface area contributed by atoms with Gasteiger partial charge in [-0.1, -0.05) is 13.3 Å². The Bertz CT molecular complexity index is 371. The zero-order chi connectivity index (χ0) is 14.6. The van der Waals surface area contributed by atoms with Crippen LogP contribution in [-0.4, -0.2) is 24.9 Å². The largest absolute Gasteiger partial charge is 0.493 e. The van der Waals surface area contributed by atoms with Crippen LogP contribution in [0.5, 0.6) is 5.75 Å². The van der Waals surface area contributed by atoms with E-state index in [9.17, 15) is 4.39 Å². The van der Waals surface area contributed by atoms with Gasteiger partial charge in [-0.15, -0.1) is 0 Å². The van der Waals surface area contributed by atoms with E-state index in [0.29, 0.717) is 18.9 Å². The van der Waals surface area contributed by atoms with Crippen molar-refractivity contribution in [2.24, 2.45) is 0 Å². The summed E-state index contributed by atoms with van der Waals surface area (Å²) in [6, 6.07) is 4.85. The van der Waals surface area contributed by atoms with Gasteiger partial charge in [-0.05, 0) is 49.9 Å². The fourth-order valence-corrected chi connectivity index (χ4v) is 1.97. The predicted octanol–water partition coefficient (Wildman–Crippen LogP) is 3.26. The molecule has 0 spiro atoms. The second-order valence-electron chi connectivity index (χ2n) is 4.96. The van der Waals surface area contributed by atoms with Gasteiger partial charge in [0.1, 0.15) is 11.6 Å². The number of unbranched alkanes of at least 4 members (excludes halogenated alkanes) is 3. The first-order chi connectivity index (χ1) is 9.76. The van der Waals surface area contributed by atoms with Crippen LogP contribution < -0.4 is 10.1 Å². The van der Waals surface area contributed by atoms with Gasteiger partial charge in [0, 0.05) is 19.2 Å². The quantitative estimate of drug-likeness (QED) is 0.613. The highest BCUT2D eigenvalue weighted by atomic mass is 19.1. The van der Waals surface area contributed by atoms with Crippen molar-refractivity contribution in [2.75, 3.05) is 19.8 Å². The van der Waals surface area contributed by atoms with Crippen LogP contribution in [0.25, 0.3) is 0 Å². The average Bonchev–Trinajstić information content (AvgIpc) is 2.42. The lowest BCUT2D eigenvalue weighted by molar-refractivity contribution is 0.273. The SMILES string of the molecule is CCCNCc1cc(F)cc(OCCCCCCO)c1. The van der Waals surface area contributed by atoms with E-state index in [4.69, 9.17) is 9.84 Å². The highest BCUT2D eigenvalue weighted by Gasteiger charge is 2.02. The van der Waals surface area contributed by atoms with Crippen molar-refractivity contribution < 1.29 is 14.2 Å². The molecule has 0 bridgehead atoms. The molecule has 3 nitrogen and oxygen atoms in total. The number of hydrogen-bond donors (Lipinski definition) is 2. The molecule has 0 unspecified atom stereocenters.